The largest absolute Gasteiger partial charge is 0.453 e. The molecule has 0 saturated carbocycles. The number of alkyl carbamates (subject to hydrolysis) is 1. The van der Waals surface area contributed by atoms with Gasteiger partial charge in [0.05, 0.1) is 43.5 Å². The van der Waals surface area contributed by atoms with Crippen molar-refractivity contribution < 1.29 is 14.3 Å². The number of nitrogens with one attached hydrogen (secondary N) is 4. The van der Waals surface area contributed by atoms with Gasteiger partial charge in [-0.25, -0.2) is 14.8 Å². The third kappa shape index (κ3) is 7.21. The van der Waals surface area contributed by atoms with Gasteiger partial charge in [-0.05, 0) is 58.4 Å². The average Bonchev–Trinajstić information content (AvgIpc) is 3.88. The number of aromatic amines is 2. The van der Waals surface area contributed by atoms with E-state index in [-0.39, 0.29) is 17.9 Å². The third-order valence-corrected chi connectivity index (χ3v) is 8.95. The molecule has 244 valence electrons. The Morgan fingerprint density at radius 1 is 0.936 bits per heavy atom. The number of H-pyrrole nitrogens is 2. The van der Waals surface area contributed by atoms with Crippen molar-refractivity contribution in [3.63, 3.8) is 0 Å². The van der Waals surface area contributed by atoms with Crippen LogP contribution in [0.2, 0.25) is 0 Å². The van der Waals surface area contributed by atoms with Crippen LogP contribution < -0.4 is 10.6 Å². The summed E-state index contributed by atoms with van der Waals surface area (Å²) in [5.41, 5.74) is 6.30. The van der Waals surface area contributed by atoms with Gasteiger partial charge in [0.15, 0.2) is 0 Å². The average molecular weight is 652 g/mol. The Bertz CT molecular complexity index is 1850. The lowest BCUT2D eigenvalue weighted by atomic mass is 9.98. The maximum absolute atomic E-state index is 13.5. The van der Waals surface area contributed by atoms with E-state index in [0.717, 1.165) is 81.2 Å². The number of hydrogen-bond acceptors (Lipinski definition) is 7. The first-order chi connectivity index (χ1) is 22.8. The van der Waals surface area contributed by atoms with Crippen molar-refractivity contribution in [2.75, 3.05) is 26.0 Å². The molecule has 2 amide bonds. The first-order valence-electron chi connectivity index (χ1n) is 16.0. The van der Waals surface area contributed by atoms with Gasteiger partial charge in [-0.3, -0.25) is 4.79 Å². The van der Waals surface area contributed by atoms with Crippen LogP contribution in [-0.4, -0.2) is 68.8 Å². The Morgan fingerprint density at radius 3 is 2.32 bits per heavy atom. The summed E-state index contributed by atoms with van der Waals surface area (Å²) in [5.74, 6) is 2.25. The number of imidazole rings is 2. The molecule has 5 aromatic rings. The van der Waals surface area contributed by atoms with Crippen molar-refractivity contribution in [3.05, 3.63) is 84.7 Å². The van der Waals surface area contributed by atoms with Crippen LogP contribution in [0.1, 0.15) is 44.4 Å². The number of carbonyl (C=O) groups excluding carboxylic acids is 2. The Balaban J connectivity index is 1.15. The fourth-order valence-electron chi connectivity index (χ4n) is 6.17. The van der Waals surface area contributed by atoms with Crippen LogP contribution in [0.15, 0.2) is 73.1 Å². The molecule has 3 aromatic carbocycles. The predicted molar refractivity (Wildman–Crippen MR) is 188 cm³/mol. The van der Waals surface area contributed by atoms with Crippen LogP contribution in [0.3, 0.4) is 0 Å². The van der Waals surface area contributed by atoms with E-state index < -0.39 is 12.1 Å². The van der Waals surface area contributed by atoms with Crippen molar-refractivity contribution >= 4 is 35.4 Å². The molecule has 1 saturated heterocycles. The van der Waals surface area contributed by atoms with E-state index in [9.17, 15) is 9.59 Å². The molecule has 0 spiro atoms. The van der Waals surface area contributed by atoms with Gasteiger partial charge in [0.25, 0.3) is 0 Å². The third-order valence-electron chi connectivity index (χ3n) is 8.73. The SMILES string of the molecule is COC(=O)N[C@H](C(=O)N1CCC[C@H]1c1ncc(-c2ccc3cc(-c4ccc(-c5cnc(CNCCS)[nH]5)cc4)ccc3c2)[nH]1)C(C)C. The number of aromatic nitrogens is 4. The number of benzene rings is 3. The van der Waals surface area contributed by atoms with Crippen molar-refractivity contribution in [1.29, 1.82) is 0 Å². The molecular formula is C36H41N7O3S. The van der Waals surface area contributed by atoms with Crippen molar-refractivity contribution in [2.45, 2.75) is 45.3 Å². The van der Waals surface area contributed by atoms with E-state index in [1.807, 2.05) is 31.1 Å². The van der Waals surface area contributed by atoms with Crippen molar-refractivity contribution in [1.82, 2.24) is 35.5 Å². The highest BCUT2D eigenvalue weighted by Gasteiger charge is 2.37. The summed E-state index contributed by atoms with van der Waals surface area (Å²) >= 11 is 4.23. The van der Waals surface area contributed by atoms with E-state index in [1.54, 1.807) is 0 Å². The summed E-state index contributed by atoms with van der Waals surface area (Å²) in [7, 11) is 1.30. The summed E-state index contributed by atoms with van der Waals surface area (Å²) in [5, 5.41) is 8.28. The van der Waals surface area contributed by atoms with Gasteiger partial charge in [-0.15, -0.1) is 0 Å². The van der Waals surface area contributed by atoms with E-state index in [4.69, 9.17) is 9.72 Å². The lowest BCUT2D eigenvalue weighted by Crippen LogP contribution is -2.51. The highest BCUT2D eigenvalue weighted by molar-refractivity contribution is 7.80. The van der Waals surface area contributed by atoms with Crippen LogP contribution >= 0.6 is 12.6 Å². The minimum absolute atomic E-state index is 0.0843. The topological polar surface area (TPSA) is 128 Å². The van der Waals surface area contributed by atoms with Gasteiger partial charge in [-0.2, -0.15) is 12.6 Å². The number of carbonyl (C=O) groups is 2. The van der Waals surface area contributed by atoms with Crippen LogP contribution in [0.25, 0.3) is 44.4 Å². The molecule has 6 rings (SSSR count). The Labute approximate surface area is 280 Å². The van der Waals surface area contributed by atoms with Crippen LogP contribution in [0.5, 0.6) is 0 Å². The lowest BCUT2D eigenvalue weighted by Gasteiger charge is -2.30. The molecule has 4 N–H and O–H groups in total. The van der Waals surface area contributed by atoms with Crippen LogP contribution in [0, 0.1) is 5.92 Å². The second-order valence-electron chi connectivity index (χ2n) is 12.2. The number of thiol groups is 1. The summed E-state index contributed by atoms with van der Waals surface area (Å²) in [6.07, 6.45) is 4.78. The maximum atomic E-state index is 13.5. The smallest absolute Gasteiger partial charge is 0.407 e. The molecule has 11 heteroatoms. The van der Waals surface area contributed by atoms with E-state index in [0.29, 0.717) is 13.1 Å². The van der Waals surface area contributed by atoms with Gasteiger partial charge in [0.2, 0.25) is 5.91 Å². The molecule has 10 nitrogen and oxygen atoms in total. The highest BCUT2D eigenvalue weighted by Crippen LogP contribution is 2.34. The molecule has 2 atom stereocenters. The molecule has 0 bridgehead atoms. The van der Waals surface area contributed by atoms with E-state index in [2.05, 4.69) is 98.9 Å². The molecule has 47 heavy (non-hydrogen) atoms. The molecule has 2 aromatic heterocycles. The molecule has 0 radical (unpaired) electrons. The minimum atomic E-state index is -0.666. The quantitative estimate of drug-likeness (QED) is 0.0837. The highest BCUT2D eigenvalue weighted by atomic mass is 32.1. The number of fused-ring (bicyclic) bond motifs is 1. The maximum Gasteiger partial charge on any atom is 0.407 e. The second kappa shape index (κ2) is 14.4. The predicted octanol–water partition coefficient (Wildman–Crippen LogP) is 6.35. The zero-order chi connectivity index (χ0) is 32.9. The summed E-state index contributed by atoms with van der Waals surface area (Å²) < 4.78 is 4.75. The van der Waals surface area contributed by atoms with Crippen LogP contribution in [-0.2, 0) is 16.1 Å². The number of hydrogen-bond donors (Lipinski definition) is 5. The molecule has 1 fully saturated rings. The van der Waals surface area contributed by atoms with Gasteiger partial charge >= 0.3 is 6.09 Å². The van der Waals surface area contributed by atoms with Crippen molar-refractivity contribution in [2.24, 2.45) is 5.92 Å². The van der Waals surface area contributed by atoms with Gasteiger partial charge < -0.3 is 30.2 Å². The van der Waals surface area contributed by atoms with Crippen LogP contribution in [0.4, 0.5) is 4.79 Å². The van der Waals surface area contributed by atoms with Gasteiger partial charge in [0.1, 0.15) is 17.7 Å². The fraction of sp³-hybridized carbons (Fsp3) is 0.333. The zero-order valence-corrected chi connectivity index (χ0v) is 27.8. The molecule has 0 aliphatic carbocycles. The monoisotopic (exact) mass is 651 g/mol. The molecule has 0 unspecified atom stereocenters. The summed E-state index contributed by atoms with van der Waals surface area (Å²) in [4.78, 5) is 43.3. The molecular weight excluding hydrogens is 611 g/mol. The normalized spacial score (nSPS) is 15.3. The Hall–Kier alpha value is -4.61. The number of rotatable bonds is 11. The first kappa shape index (κ1) is 32.3. The number of nitrogens with zero attached hydrogens (tertiary/aromatic N) is 3. The van der Waals surface area contributed by atoms with E-state index in [1.165, 1.54) is 7.11 Å². The lowest BCUT2D eigenvalue weighted by molar-refractivity contribution is -0.135. The number of methoxy groups -OCH3 is 1. The molecule has 1 aliphatic heterocycles. The Kier molecular flexibility index (Phi) is 9.93. The molecule has 3 heterocycles. The summed E-state index contributed by atoms with van der Waals surface area (Å²) in [6.45, 7) is 5.97. The summed E-state index contributed by atoms with van der Waals surface area (Å²) in [6, 6.07) is 20.6. The number of likely N-dealkylation sites (tertiary alicyclic amines) is 1. The number of amides is 2. The standard InChI is InChI=1S/C36H41N7O3S/c1-22(2)33(42-36(45)46-3)35(44)43-15-4-5-31(43)34-39-20-30(41-34)28-13-12-26-17-25(10-11-27(26)18-28)23-6-8-24(9-7-23)29-19-38-32(40-29)21-37-14-16-47/h6-13,17-20,22,31,33,37,47H,4-5,14-16,21H2,1-3H3,(H,38,40)(H,39,41)(H,42,45)/t31-,33-/m0/s1. The molecule has 1 aliphatic rings. The van der Waals surface area contributed by atoms with Crippen molar-refractivity contribution in [3.8, 4) is 33.6 Å². The minimum Gasteiger partial charge on any atom is -0.453 e. The zero-order valence-electron chi connectivity index (χ0n) is 26.9. The van der Waals surface area contributed by atoms with Gasteiger partial charge in [0, 0.05) is 24.4 Å². The van der Waals surface area contributed by atoms with E-state index >= 15 is 0 Å². The number of ether oxygens (including phenoxy) is 1. The Morgan fingerprint density at radius 2 is 1.60 bits per heavy atom. The first-order valence-corrected chi connectivity index (χ1v) is 16.7. The fourth-order valence-corrected chi connectivity index (χ4v) is 6.32. The second-order valence-corrected chi connectivity index (χ2v) is 12.7. The van der Waals surface area contributed by atoms with Gasteiger partial charge in [-0.1, -0.05) is 62.4 Å².